The second-order valence-corrected chi connectivity index (χ2v) is 7.08. The van der Waals surface area contributed by atoms with Crippen molar-refractivity contribution in [2.24, 2.45) is 5.92 Å². The lowest BCUT2D eigenvalue weighted by Crippen LogP contribution is -2.51. The smallest absolute Gasteiger partial charge is 0.292 e. The molecule has 2 aliphatic rings. The zero-order valence-corrected chi connectivity index (χ0v) is 15.5. The fourth-order valence-electron chi connectivity index (χ4n) is 3.99. The number of para-hydroxylation sites is 2. The van der Waals surface area contributed by atoms with Gasteiger partial charge >= 0.3 is 0 Å². The molecule has 1 amide bonds. The lowest BCUT2D eigenvalue weighted by atomic mass is 9.93. The Morgan fingerprint density at radius 1 is 1.00 bits per heavy atom. The Hall–Kier alpha value is -2.97. The molecule has 8 heteroatoms. The van der Waals surface area contributed by atoms with Crippen LogP contribution in [0.25, 0.3) is 0 Å². The summed E-state index contributed by atoms with van der Waals surface area (Å²) in [5.41, 5.74) is 8.14. The van der Waals surface area contributed by atoms with Crippen LogP contribution < -0.4 is 15.8 Å². The van der Waals surface area contributed by atoms with Crippen molar-refractivity contribution in [2.75, 3.05) is 37.6 Å². The number of rotatable bonds is 4. The van der Waals surface area contributed by atoms with Gasteiger partial charge in [-0.05, 0) is 11.6 Å². The Bertz CT molecular complexity index is 852. The number of nitro groups is 1. The Morgan fingerprint density at radius 3 is 2.39 bits per heavy atom. The number of nitrogens with one attached hydrogen (secondary N) is 2. The van der Waals surface area contributed by atoms with Gasteiger partial charge in [-0.1, -0.05) is 42.5 Å². The summed E-state index contributed by atoms with van der Waals surface area (Å²) in [5, 5.41) is 11.3. The molecular formula is C20H23N5O3. The van der Waals surface area contributed by atoms with Crippen LogP contribution in [-0.2, 0) is 4.79 Å². The highest BCUT2D eigenvalue weighted by molar-refractivity contribution is 5.81. The van der Waals surface area contributed by atoms with Gasteiger partial charge in [0.25, 0.3) is 5.69 Å². The molecule has 0 saturated carbocycles. The minimum atomic E-state index is -0.354. The third kappa shape index (κ3) is 3.56. The van der Waals surface area contributed by atoms with Crippen LogP contribution in [0.15, 0.2) is 54.6 Å². The molecule has 2 unspecified atom stereocenters. The number of hydrogen-bond donors (Lipinski definition) is 2. The fraction of sp³-hybridized carbons (Fsp3) is 0.350. The average Bonchev–Trinajstić information content (AvgIpc) is 3.24. The van der Waals surface area contributed by atoms with Gasteiger partial charge in [0, 0.05) is 38.8 Å². The number of piperazine rings is 1. The maximum absolute atomic E-state index is 13.1. The molecule has 4 rings (SSSR count). The molecule has 0 aromatic heterocycles. The van der Waals surface area contributed by atoms with Crippen molar-refractivity contribution in [3.63, 3.8) is 0 Å². The van der Waals surface area contributed by atoms with Gasteiger partial charge in [-0.15, -0.1) is 0 Å². The van der Waals surface area contributed by atoms with E-state index in [1.807, 2.05) is 40.1 Å². The average molecular weight is 381 g/mol. The largest absolute Gasteiger partial charge is 0.362 e. The molecule has 146 valence electrons. The molecule has 0 aliphatic carbocycles. The van der Waals surface area contributed by atoms with Crippen LogP contribution in [0.2, 0.25) is 0 Å². The summed E-state index contributed by atoms with van der Waals surface area (Å²) < 4.78 is 0. The van der Waals surface area contributed by atoms with Gasteiger partial charge in [-0.2, -0.15) is 0 Å². The molecule has 2 saturated heterocycles. The first kappa shape index (κ1) is 18.4. The predicted octanol–water partition coefficient (Wildman–Crippen LogP) is 1.71. The van der Waals surface area contributed by atoms with E-state index in [0.717, 1.165) is 5.56 Å². The maximum Gasteiger partial charge on any atom is 0.292 e. The topological polar surface area (TPSA) is 90.8 Å². The van der Waals surface area contributed by atoms with Crippen molar-refractivity contribution in [1.82, 2.24) is 15.8 Å². The van der Waals surface area contributed by atoms with Crippen molar-refractivity contribution < 1.29 is 9.72 Å². The summed E-state index contributed by atoms with van der Waals surface area (Å²) in [4.78, 5) is 27.9. The van der Waals surface area contributed by atoms with Gasteiger partial charge in [0.15, 0.2) is 0 Å². The Balaban J connectivity index is 1.43. The second kappa shape index (κ2) is 7.95. The van der Waals surface area contributed by atoms with Crippen molar-refractivity contribution in [3.05, 3.63) is 70.3 Å². The van der Waals surface area contributed by atoms with E-state index in [4.69, 9.17) is 0 Å². The van der Waals surface area contributed by atoms with Crippen LogP contribution in [0, 0.1) is 16.0 Å². The third-order valence-electron chi connectivity index (χ3n) is 5.47. The third-order valence-corrected chi connectivity index (χ3v) is 5.47. The van der Waals surface area contributed by atoms with Gasteiger partial charge in [-0.25, -0.2) is 5.43 Å². The van der Waals surface area contributed by atoms with E-state index < -0.39 is 0 Å². The van der Waals surface area contributed by atoms with Crippen LogP contribution in [0.4, 0.5) is 11.4 Å². The standard InChI is InChI=1S/C20H23N5O3/c26-20(16-14-21-22-19(16)15-6-2-1-3-7-15)24-12-10-23(11-13-24)17-8-4-5-9-18(17)25(27)28/h1-9,16,19,21-22H,10-14H2. The molecule has 8 nitrogen and oxygen atoms in total. The monoisotopic (exact) mass is 381 g/mol. The summed E-state index contributed by atoms with van der Waals surface area (Å²) in [6, 6.07) is 16.7. The number of hydrogen-bond acceptors (Lipinski definition) is 6. The van der Waals surface area contributed by atoms with Crippen molar-refractivity contribution in [1.29, 1.82) is 0 Å². The summed E-state index contributed by atoms with van der Waals surface area (Å²) in [6.45, 7) is 2.87. The second-order valence-electron chi connectivity index (χ2n) is 7.08. The van der Waals surface area contributed by atoms with Gasteiger partial charge in [0.05, 0.1) is 16.9 Å². The normalized spacial score (nSPS) is 22.3. The Kier molecular flexibility index (Phi) is 5.23. The highest BCUT2D eigenvalue weighted by Gasteiger charge is 2.37. The number of amides is 1. The van der Waals surface area contributed by atoms with Crippen LogP contribution >= 0.6 is 0 Å². The molecule has 28 heavy (non-hydrogen) atoms. The lowest BCUT2D eigenvalue weighted by molar-refractivity contribution is -0.384. The van der Waals surface area contributed by atoms with Crippen molar-refractivity contribution >= 4 is 17.3 Å². The molecule has 2 heterocycles. The number of benzene rings is 2. The first-order valence-electron chi connectivity index (χ1n) is 9.45. The van der Waals surface area contributed by atoms with E-state index in [0.29, 0.717) is 38.4 Å². The zero-order valence-electron chi connectivity index (χ0n) is 15.5. The molecule has 0 radical (unpaired) electrons. The molecule has 2 aliphatic heterocycles. The Labute approximate surface area is 163 Å². The van der Waals surface area contributed by atoms with E-state index in [1.54, 1.807) is 18.2 Å². The molecule has 0 bridgehead atoms. The van der Waals surface area contributed by atoms with Crippen molar-refractivity contribution in [2.45, 2.75) is 6.04 Å². The van der Waals surface area contributed by atoms with E-state index in [2.05, 4.69) is 10.9 Å². The number of anilines is 1. The quantitative estimate of drug-likeness (QED) is 0.619. The van der Waals surface area contributed by atoms with E-state index >= 15 is 0 Å². The SMILES string of the molecule is O=C(C1CNNC1c1ccccc1)N1CCN(c2ccccc2[N+](=O)[O-])CC1. The van der Waals surface area contributed by atoms with Crippen LogP contribution in [0.3, 0.4) is 0 Å². The summed E-state index contributed by atoms with van der Waals surface area (Å²) >= 11 is 0. The van der Waals surface area contributed by atoms with Gasteiger partial charge in [0.2, 0.25) is 5.91 Å². The predicted molar refractivity (Wildman–Crippen MR) is 106 cm³/mol. The summed E-state index contributed by atoms with van der Waals surface area (Å²) in [5.74, 6) is -0.0476. The number of carbonyl (C=O) groups excluding carboxylic acids is 1. The molecule has 2 N–H and O–H groups in total. The molecule has 2 fully saturated rings. The van der Waals surface area contributed by atoms with Crippen LogP contribution in [-0.4, -0.2) is 48.5 Å². The zero-order chi connectivity index (χ0) is 19.5. The first-order chi connectivity index (χ1) is 13.6. The van der Waals surface area contributed by atoms with E-state index in [9.17, 15) is 14.9 Å². The first-order valence-corrected chi connectivity index (χ1v) is 9.45. The highest BCUT2D eigenvalue weighted by atomic mass is 16.6. The van der Waals surface area contributed by atoms with Crippen LogP contribution in [0.5, 0.6) is 0 Å². The Morgan fingerprint density at radius 2 is 1.68 bits per heavy atom. The van der Waals surface area contributed by atoms with Gasteiger partial charge in [-0.3, -0.25) is 20.3 Å². The lowest BCUT2D eigenvalue weighted by Gasteiger charge is -2.37. The van der Waals surface area contributed by atoms with E-state index in [1.165, 1.54) is 6.07 Å². The minimum absolute atomic E-state index is 0.0538. The number of nitrogens with zero attached hydrogens (tertiary/aromatic N) is 3. The molecular weight excluding hydrogens is 358 g/mol. The van der Waals surface area contributed by atoms with Crippen molar-refractivity contribution in [3.8, 4) is 0 Å². The summed E-state index contributed by atoms with van der Waals surface area (Å²) in [6.07, 6.45) is 0. The molecule has 2 aromatic carbocycles. The molecule has 2 aromatic rings. The molecule has 0 spiro atoms. The maximum atomic E-state index is 13.1. The molecule has 2 atom stereocenters. The fourth-order valence-corrected chi connectivity index (χ4v) is 3.99. The van der Waals surface area contributed by atoms with E-state index in [-0.39, 0.29) is 28.5 Å². The number of carbonyl (C=O) groups is 1. The summed E-state index contributed by atoms with van der Waals surface area (Å²) in [7, 11) is 0. The van der Waals surface area contributed by atoms with Gasteiger partial charge < -0.3 is 9.80 Å². The van der Waals surface area contributed by atoms with Gasteiger partial charge in [0.1, 0.15) is 5.69 Å². The highest BCUT2D eigenvalue weighted by Crippen LogP contribution is 2.30. The number of nitro benzene ring substituents is 1. The number of hydrazine groups is 1. The van der Waals surface area contributed by atoms with Crippen LogP contribution in [0.1, 0.15) is 11.6 Å². The minimum Gasteiger partial charge on any atom is -0.362 e.